The van der Waals surface area contributed by atoms with Crippen LogP contribution >= 0.6 is 0 Å². The van der Waals surface area contributed by atoms with Crippen molar-refractivity contribution < 1.29 is 9.53 Å². The van der Waals surface area contributed by atoms with E-state index in [0.717, 1.165) is 38.5 Å². The monoisotopic (exact) mass is 278 g/mol. The van der Waals surface area contributed by atoms with Gasteiger partial charge in [-0.25, -0.2) is 9.97 Å². The molecule has 110 valence electrons. The van der Waals surface area contributed by atoms with E-state index in [2.05, 4.69) is 19.8 Å². The van der Waals surface area contributed by atoms with Gasteiger partial charge in [0.05, 0.1) is 6.61 Å². The minimum absolute atomic E-state index is 0.112. The third-order valence-corrected chi connectivity index (χ3v) is 3.54. The predicted octanol–water partition coefficient (Wildman–Crippen LogP) is 0.940. The Bertz CT molecular complexity index is 418. The lowest BCUT2D eigenvalue weighted by molar-refractivity contribution is -0.149. The van der Waals surface area contributed by atoms with Crippen molar-refractivity contribution in [2.24, 2.45) is 0 Å². The van der Waals surface area contributed by atoms with Gasteiger partial charge in [-0.3, -0.25) is 9.69 Å². The Morgan fingerprint density at radius 3 is 2.45 bits per heavy atom. The Kier molecular flexibility index (Phi) is 5.29. The van der Waals surface area contributed by atoms with Crippen LogP contribution in [0.3, 0.4) is 0 Å². The Hall–Kier alpha value is -1.69. The zero-order valence-electron chi connectivity index (χ0n) is 12.2. The molecule has 1 saturated heterocycles. The van der Waals surface area contributed by atoms with Gasteiger partial charge in [-0.15, -0.1) is 0 Å². The fourth-order valence-electron chi connectivity index (χ4n) is 2.50. The largest absolute Gasteiger partial charge is 0.465 e. The smallest absolute Gasteiger partial charge is 0.323 e. The van der Waals surface area contributed by atoms with Crippen molar-refractivity contribution in [1.29, 1.82) is 0 Å². The Morgan fingerprint density at radius 2 is 1.90 bits per heavy atom. The van der Waals surface area contributed by atoms with Crippen molar-refractivity contribution in [1.82, 2.24) is 14.9 Å². The van der Waals surface area contributed by atoms with Gasteiger partial charge in [0, 0.05) is 38.6 Å². The Labute approximate surface area is 119 Å². The molecule has 6 heteroatoms. The van der Waals surface area contributed by atoms with Gasteiger partial charge >= 0.3 is 5.97 Å². The van der Waals surface area contributed by atoms with E-state index >= 15 is 0 Å². The summed E-state index contributed by atoms with van der Waals surface area (Å²) in [5, 5.41) is 0. The molecule has 1 aliphatic rings. The lowest BCUT2D eigenvalue weighted by atomic mass is 10.1. The first-order valence-electron chi connectivity index (χ1n) is 7.19. The molecule has 0 aromatic carbocycles. The molecule has 2 rings (SSSR count). The number of esters is 1. The molecule has 1 fully saturated rings. The Balaban J connectivity index is 1.91. The second-order valence-corrected chi connectivity index (χ2v) is 4.75. The van der Waals surface area contributed by atoms with Gasteiger partial charge in [0.2, 0.25) is 5.95 Å². The second-order valence-electron chi connectivity index (χ2n) is 4.75. The number of hydrogen-bond acceptors (Lipinski definition) is 6. The van der Waals surface area contributed by atoms with Crippen LogP contribution in [0.4, 0.5) is 5.95 Å². The normalized spacial score (nSPS) is 17.8. The second kappa shape index (κ2) is 7.19. The molecule has 0 amide bonds. The maximum absolute atomic E-state index is 11.9. The van der Waals surface area contributed by atoms with Crippen LogP contribution in [0.25, 0.3) is 0 Å². The number of carbonyl (C=O) groups is 1. The highest BCUT2D eigenvalue weighted by Gasteiger charge is 2.29. The molecule has 1 atom stereocenters. The summed E-state index contributed by atoms with van der Waals surface area (Å²) in [5.41, 5.74) is 0. The van der Waals surface area contributed by atoms with E-state index in [1.165, 1.54) is 0 Å². The zero-order chi connectivity index (χ0) is 14.4. The average Bonchev–Trinajstić information content (AvgIpc) is 2.50. The lowest BCUT2D eigenvalue weighted by Crippen LogP contribution is -2.53. The van der Waals surface area contributed by atoms with Crippen LogP contribution in [0.2, 0.25) is 0 Å². The van der Waals surface area contributed by atoms with E-state index in [1.807, 2.05) is 19.9 Å². The summed E-state index contributed by atoms with van der Waals surface area (Å²) < 4.78 is 5.14. The highest BCUT2D eigenvalue weighted by molar-refractivity contribution is 5.75. The summed E-state index contributed by atoms with van der Waals surface area (Å²) in [6, 6.07) is 1.68. The van der Waals surface area contributed by atoms with Crippen molar-refractivity contribution in [2.75, 3.05) is 37.7 Å². The number of rotatable bonds is 5. The summed E-state index contributed by atoms with van der Waals surface area (Å²) >= 11 is 0. The van der Waals surface area contributed by atoms with Crippen molar-refractivity contribution in [2.45, 2.75) is 26.3 Å². The summed E-state index contributed by atoms with van der Waals surface area (Å²) in [4.78, 5) is 24.8. The molecule has 0 radical (unpaired) electrons. The highest BCUT2D eigenvalue weighted by Crippen LogP contribution is 2.14. The quantitative estimate of drug-likeness (QED) is 0.747. The molecule has 1 aromatic heterocycles. The molecule has 0 bridgehead atoms. The fourth-order valence-corrected chi connectivity index (χ4v) is 2.50. The topological polar surface area (TPSA) is 58.6 Å². The number of carbonyl (C=O) groups excluding carboxylic acids is 1. The number of hydrogen-bond donors (Lipinski definition) is 0. The number of nitrogens with zero attached hydrogens (tertiary/aromatic N) is 4. The molecular formula is C14H22N4O2. The molecule has 2 heterocycles. The summed E-state index contributed by atoms with van der Waals surface area (Å²) in [7, 11) is 0. The van der Waals surface area contributed by atoms with Crippen LogP contribution in [0, 0.1) is 0 Å². The lowest BCUT2D eigenvalue weighted by Gasteiger charge is -2.37. The molecule has 0 aliphatic carbocycles. The van der Waals surface area contributed by atoms with Crippen LogP contribution < -0.4 is 4.90 Å². The summed E-state index contributed by atoms with van der Waals surface area (Å²) in [5.74, 6) is 0.649. The van der Waals surface area contributed by atoms with Gasteiger partial charge in [0.1, 0.15) is 6.04 Å². The molecule has 6 nitrogen and oxygen atoms in total. The zero-order valence-corrected chi connectivity index (χ0v) is 12.2. The molecular weight excluding hydrogens is 256 g/mol. The van der Waals surface area contributed by atoms with Crippen molar-refractivity contribution in [3.63, 3.8) is 0 Å². The van der Waals surface area contributed by atoms with E-state index in [1.54, 1.807) is 12.4 Å². The fraction of sp³-hybridized carbons (Fsp3) is 0.643. The number of aromatic nitrogens is 2. The SMILES string of the molecule is CCOC(=O)C(CC)N1CCN(c2ncccn2)CC1. The van der Waals surface area contributed by atoms with Gasteiger partial charge in [0.15, 0.2) is 0 Å². The molecule has 0 spiro atoms. The number of piperazine rings is 1. The van der Waals surface area contributed by atoms with Gasteiger partial charge < -0.3 is 9.64 Å². The molecule has 1 unspecified atom stereocenters. The molecule has 1 aromatic rings. The van der Waals surface area contributed by atoms with Crippen LogP contribution in [0.1, 0.15) is 20.3 Å². The number of anilines is 1. The molecule has 0 N–H and O–H groups in total. The minimum Gasteiger partial charge on any atom is -0.465 e. The van der Waals surface area contributed by atoms with E-state index in [9.17, 15) is 4.79 Å². The first kappa shape index (κ1) is 14.7. The van der Waals surface area contributed by atoms with Crippen LogP contribution in [0.15, 0.2) is 18.5 Å². The van der Waals surface area contributed by atoms with Crippen molar-refractivity contribution in [3.05, 3.63) is 18.5 Å². The van der Waals surface area contributed by atoms with Gasteiger partial charge in [0.25, 0.3) is 0 Å². The molecule has 0 saturated carbocycles. The van der Waals surface area contributed by atoms with Crippen molar-refractivity contribution in [3.8, 4) is 0 Å². The minimum atomic E-state index is -0.131. The van der Waals surface area contributed by atoms with Gasteiger partial charge in [-0.2, -0.15) is 0 Å². The van der Waals surface area contributed by atoms with Gasteiger partial charge in [-0.1, -0.05) is 6.92 Å². The third kappa shape index (κ3) is 3.45. The van der Waals surface area contributed by atoms with Crippen LogP contribution in [-0.4, -0.2) is 59.7 Å². The van der Waals surface area contributed by atoms with Gasteiger partial charge in [-0.05, 0) is 19.4 Å². The van der Waals surface area contributed by atoms with E-state index < -0.39 is 0 Å². The molecule has 1 aliphatic heterocycles. The summed E-state index contributed by atoms with van der Waals surface area (Å²) in [6.45, 7) is 7.63. The first-order chi connectivity index (χ1) is 9.76. The van der Waals surface area contributed by atoms with Crippen LogP contribution in [0.5, 0.6) is 0 Å². The number of ether oxygens (including phenoxy) is 1. The maximum atomic E-state index is 11.9. The third-order valence-electron chi connectivity index (χ3n) is 3.54. The standard InChI is InChI=1S/C14H22N4O2/c1-3-12(13(19)20-4-2)17-8-10-18(11-9-17)14-15-6-5-7-16-14/h5-7,12H,3-4,8-11H2,1-2H3. The van der Waals surface area contributed by atoms with E-state index in [0.29, 0.717) is 6.61 Å². The molecule has 20 heavy (non-hydrogen) atoms. The van der Waals surface area contributed by atoms with E-state index in [4.69, 9.17) is 4.74 Å². The van der Waals surface area contributed by atoms with Crippen LogP contribution in [-0.2, 0) is 9.53 Å². The predicted molar refractivity (Wildman–Crippen MR) is 76.5 cm³/mol. The Morgan fingerprint density at radius 1 is 1.25 bits per heavy atom. The maximum Gasteiger partial charge on any atom is 0.323 e. The highest BCUT2D eigenvalue weighted by atomic mass is 16.5. The summed E-state index contributed by atoms with van der Waals surface area (Å²) in [6.07, 6.45) is 4.28. The average molecular weight is 278 g/mol. The van der Waals surface area contributed by atoms with Crippen molar-refractivity contribution >= 4 is 11.9 Å². The van der Waals surface area contributed by atoms with E-state index in [-0.39, 0.29) is 12.0 Å². The first-order valence-corrected chi connectivity index (χ1v) is 7.19.